The third kappa shape index (κ3) is 4.58. The van der Waals surface area contributed by atoms with E-state index in [0.29, 0.717) is 13.0 Å². The molecule has 4 rings (SSSR count). The van der Waals surface area contributed by atoms with E-state index in [4.69, 9.17) is 4.74 Å². The Morgan fingerprint density at radius 3 is 2.15 bits per heavy atom. The fourth-order valence-corrected chi connectivity index (χ4v) is 4.75. The second-order valence-electron chi connectivity index (χ2n) is 9.88. The lowest BCUT2D eigenvalue weighted by atomic mass is 9.86. The van der Waals surface area contributed by atoms with Crippen molar-refractivity contribution in [3.63, 3.8) is 0 Å². The van der Waals surface area contributed by atoms with Crippen molar-refractivity contribution in [2.24, 2.45) is 11.3 Å². The molecule has 174 valence electrons. The minimum absolute atomic E-state index is 0.0677. The normalized spacial score (nSPS) is 18.4. The van der Waals surface area contributed by atoms with Crippen LogP contribution < -0.4 is 5.32 Å². The van der Waals surface area contributed by atoms with Gasteiger partial charge in [-0.25, -0.2) is 4.79 Å². The maximum absolute atomic E-state index is 13.1. The van der Waals surface area contributed by atoms with E-state index in [-0.39, 0.29) is 25.0 Å². The van der Waals surface area contributed by atoms with Crippen molar-refractivity contribution in [3.05, 3.63) is 59.7 Å². The maximum atomic E-state index is 13.1. The topological polar surface area (TPSA) is 95.9 Å². The van der Waals surface area contributed by atoms with Gasteiger partial charge in [0.2, 0.25) is 5.91 Å². The fourth-order valence-electron chi connectivity index (χ4n) is 4.75. The lowest BCUT2D eigenvalue weighted by Gasteiger charge is -2.33. The molecule has 0 bridgehead atoms. The van der Waals surface area contributed by atoms with Crippen LogP contribution in [0.15, 0.2) is 48.5 Å². The van der Waals surface area contributed by atoms with Gasteiger partial charge in [-0.2, -0.15) is 0 Å². The number of carbonyl (C=O) groups excluding carboxylic acids is 2. The molecule has 1 unspecified atom stereocenters. The zero-order valence-corrected chi connectivity index (χ0v) is 19.2. The second-order valence-corrected chi connectivity index (χ2v) is 9.88. The van der Waals surface area contributed by atoms with E-state index in [2.05, 4.69) is 29.6 Å². The van der Waals surface area contributed by atoms with Crippen LogP contribution >= 0.6 is 0 Å². The smallest absolute Gasteiger partial charge is 0.407 e. The summed E-state index contributed by atoms with van der Waals surface area (Å²) in [6.07, 6.45) is -0.234. The molecule has 33 heavy (non-hydrogen) atoms. The number of hydrogen-bond donors (Lipinski definition) is 2. The van der Waals surface area contributed by atoms with Gasteiger partial charge in [0, 0.05) is 19.0 Å². The molecular weight excluding hydrogens is 420 g/mol. The number of carboxylic acids is 1. The molecule has 1 fully saturated rings. The number of ether oxygens (including phenoxy) is 1. The summed E-state index contributed by atoms with van der Waals surface area (Å²) < 4.78 is 5.62. The first kappa shape index (κ1) is 22.8. The Bertz CT molecular complexity index is 1030. The van der Waals surface area contributed by atoms with Crippen LogP contribution in [-0.2, 0) is 14.3 Å². The summed E-state index contributed by atoms with van der Waals surface area (Å²) in [4.78, 5) is 38.7. The SMILES string of the molecule is CC(C)(C)[C@@H](NC(=O)OCC1c2ccccc2-c2ccccc21)C(=O)N1CCC(C(=O)O)C1. The highest BCUT2D eigenvalue weighted by Crippen LogP contribution is 2.44. The van der Waals surface area contributed by atoms with Gasteiger partial charge in [-0.1, -0.05) is 69.3 Å². The Hall–Kier alpha value is -3.35. The Kier molecular flexibility index (Phi) is 6.15. The summed E-state index contributed by atoms with van der Waals surface area (Å²) >= 11 is 0. The molecule has 0 spiro atoms. The number of likely N-dealkylation sites (tertiary alicyclic amines) is 1. The quantitative estimate of drug-likeness (QED) is 0.721. The summed E-state index contributed by atoms with van der Waals surface area (Å²) in [6, 6.07) is 15.4. The van der Waals surface area contributed by atoms with Crippen LogP contribution in [0.2, 0.25) is 0 Å². The molecule has 2 atom stereocenters. The van der Waals surface area contributed by atoms with Crippen LogP contribution in [0, 0.1) is 11.3 Å². The number of benzene rings is 2. The van der Waals surface area contributed by atoms with E-state index in [1.54, 1.807) is 0 Å². The van der Waals surface area contributed by atoms with E-state index in [9.17, 15) is 19.5 Å². The monoisotopic (exact) mass is 450 g/mol. The van der Waals surface area contributed by atoms with Crippen LogP contribution in [0.1, 0.15) is 44.2 Å². The number of rotatable bonds is 5. The number of alkyl carbamates (subject to hydrolysis) is 1. The first-order valence-electron chi connectivity index (χ1n) is 11.3. The molecule has 2 aromatic carbocycles. The van der Waals surface area contributed by atoms with Crippen LogP contribution in [-0.4, -0.2) is 53.7 Å². The zero-order chi connectivity index (χ0) is 23.8. The highest BCUT2D eigenvalue weighted by Gasteiger charge is 2.40. The van der Waals surface area contributed by atoms with Crippen molar-refractivity contribution in [2.75, 3.05) is 19.7 Å². The highest BCUT2D eigenvalue weighted by molar-refractivity contribution is 5.87. The highest BCUT2D eigenvalue weighted by atomic mass is 16.5. The van der Waals surface area contributed by atoms with Crippen LogP contribution in [0.5, 0.6) is 0 Å². The van der Waals surface area contributed by atoms with Gasteiger partial charge in [0.25, 0.3) is 0 Å². The number of nitrogens with zero attached hydrogens (tertiary/aromatic N) is 1. The summed E-state index contributed by atoms with van der Waals surface area (Å²) in [7, 11) is 0. The molecule has 2 amide bonds. The van der Waals surface area contributed by atoms with E-state index in [1.807, 2.05) is 45.0 Å². The van der Waals surface area contributed by atoms with Crippen LogP contribution in [0.3, 0.4) is 0 Å². The van der Waals surface area contributed by atoms with Crippen LogP contribution in [0.4, 0.5) is 4.79 Å². The Labute approximate surface area is 193 Å². The molecule has 7 nitrogen and oxygen atoms in total. The molecule has 2 N–H and O–H groups in total. The predicted molar refractivity (Wildman–Crippen MR) is 124 cm³/mol. The number of aliphatic carboxylic acids is 1. The molecule has 1 aliphatic carbocycles. The van der Waals surface area contributed by atoms with Gasteiger partial charge >= 0.3 is 12.1 Å². The minimum Gasteiger partial charge on any atom is -0.481 e. The lowest BCUT2D eigenvalue weighted by molar-refractivity contribution is -0.141. The van der Waals surface area contributed by atoms with E-state index in [0.717, 1.165) is 22.3 Å². The van der Waals surface area contributed by atoms with Gasteiger partial charge < -0.3 is 20.1 Å². The van der Waals surface area contributed by atoms with Gasteiger partial charge in [0.1, 0.15) is 12.6 Å². The van der Waals surface area contributed by atoms with E-state index < -0.39 is 29.4 Å². The molecule has 2 aromatic rings. The first-order chi connectivity index (χ1) is 15.7. The molecular formula is C26H30N2O5. The molecule has 7 heteroatoms. The summed E-state index contributed by atoms with van der Waals surface area (Å²) in [5, 5.41) is 12.0. The van der Waals surface area contributed by atoms with Crippen molar-refractivity contribution in [1.29, 1.82) is 0 Å². The summed E-state index contributed by atoms with van der Waals surface area (Å²) in [5.74, 6) is -1.81. The third-order valence-electron chi connectivity index (χ3n) is 6.57. The standard InChI is InChI=1S/C26H30N2O5/c1-26(2,3)22(23(29)28-13-12-16(14-28)24(30)31)27-25(32)33-15-21-19-10-6-4-8-17(19)18-9-5-7-11-20(18)21/h4-11,16,21-22H,12-15H2,1-3H3,(H,27,32)(H,30,31)/t16?,22-/m0/s1. The molecule has 0 aromatic heterocycles. The number of carbonyl (C=O) groups is 3. The number of hydrogen-bond acceptors (Lipinski definition) is 4. The van der Waals surface area contributed by atoms with E-state index >= 15 is 0 Å². The summed E-state index contributed by atoms with van der Waals surface area (Å²) in [6.45, 7) is 6.29. The molecule has 1 aliphatic heterocycles. The van der Waals surface area contributed by atoms with Gasteiger partial charge in [-0.15, -0.1) is 0 Å². The van der Waals surface area contributed by atoms with Crippen molar-refractivity contribution < 1.29 is 24.2 Å². The molecule has 2 aliphatic rings. The number of carboxylic acid groups (broad SMARTS) is 1. The second kappa shape index (κ2) is 8.89. The van der Waals surface area contributed by atoms with Gasteiger partial charge in [-0.05, 0) is 34.1 Å². The molecule has 1 saturated heterocycles. The van der Waals surface area contributed by atoms with Crippen molar-refractivity contribution >= 4 is 18.0 Å². The van der Waals surface area contributed by atoms with Crippen molar-refractivity contribution in [2.45, 2.75) is 39.2 Å². The van der Waals surface area contributed by atoms with Gasteiger partial charge in [0.05, 0.1) is 5.92 Å². The lowest BCUT2D eigenvalue weighted by Crippen LogP contribution is -2.54. The molecule has 0 saturated carbocycles. The third-order valence-corrected chi connectivity index (χ3v) is 6.57. The Morgan fingerprint density at radius 1 is 1.06 bits per heavy atom. The Balaban J connectivity index is 1.44. The minimum atomic E-state index is -0.901. The summed E-state index contributed by atoms with van der Waals surface area (Å²) in [5.41, 5.74) is 3.96. The number of amides is 2. The van der Waals surface area contributed by atoms with E-state index in [1.165, 1.54) is 4.90 Å². The van der Waals surface area contributed by atoms with Gasteiger partial charge in [0.15, 0.2) is 0 Å². The largest absolute Gasteiger partial charge is 0.481 e. The molecule has 0 radical (unpaired) electrons. The fraction of sp³-hybridized carbons (Fsp3) is 0.423. The van der Waals surface area contributed by atoms with Crippen molar-refractivity contribution in [3.8, 4) is 11.1 Å². The van der Waals surface area contributed by atoms with Crippen molar-refractivity contribution in [1.82, 2.24) is 10.2 Å². The Morgan fingerprint density at radius 2 is 1.64 bits per heavy atom. The van der Waals surface area contributed by atoms with Crippen LogP contribution in [0.25, 0.3) is 11.1 Å². The number of nitrogens with one attached hydrogen (secondary N) is 1. The average Bonchev–Trinajstić information content (AvgIpc) is 3.39. The first-order valence-corrected chi connectivity index (χ1v) is 11.3. The molecule has 1 heterocycles. The zero-order valence-electron chi connectivity index (χ0n) is 19.2. The predicted octanol–water partition coefficient (Wildman–Crippen LogP) is 3.87. The average molecular weight is 451 g/mol. The maximum Gasteiger partial charge on any atom is 0.407 e. The van der Waals surface area contributed by atoms with Gasteiger partial charge in [-0.3, -0.25) is 9.59 Å². The number of fused-ring (bicyclic) bond motifs is 3.